The zero-order valence-electron chi connectivity index (χ0n) is 19.3. The molecule has 1 fully saturated rings. The van der Waals surface area contributed by atoms with Crippen molar-refractivity contribution in [2.45, 2.75) is 45.3 Å². The van der Waals surface area contributed by atoms with E-state index in [-0.39, 0.29) is 11.8 Å². The van der Waals surface area contributed by atoms with E-state index in [4.69, 9.17) is 28.9 Å². The van der Waals surface area contributed by atoms with Gasteiger partial charge in [-0.1, -0.05) is 49.5 Å². The van der Waals surface area contributed by atoms with E-state index in [1.807, 2.05) is 24.8 Å². The molecule has 34 heavy (non-hydrogen) atoms. The van der Waals surface area contributed by atoms with E-state index in [1.54, 1.807) is 17.0 Å². The second-order valence-corrected chi connectivity index (χ2v) is 9.63. The van der Waals surface area contributed by atoms with Crippen LogP contribution in [-0.4, -0.2) is 37.0 Å². The molecular weight excluding hydrogens is 486 g/mol. The molecule has 0 saturated carbocycles. The minimum absolute atomic E-state index is 0.0228. The zero-order chi connectivity index (χ0) is 25.0. The van der Waals surface area contributed by atoms with Crippen molar-refractivity contribution >= 4 is 34.8 Å². The maximum atomic E-state index is 13.4. The lowest BCUT2D eigenvalue weighted by Gasteiger charge is -2.38. The van der Waals surface area contributed by atoms with E-state index in [0.717, 1.165) is 18.1 Å². The zero-order valence-corrected chi connectivity index (χ0v) is 20.9. The molecule has 1 saturated heterocycles. The van der Waals surface area contributed by atoms with Gasteiger partial charge in [0.25, 0.3) is 0 Å². The Kier molecular flexibility index (Phi) is 8.77. The molecule has 0 aromatic heterocycles. The Morgan fingerprint density at radius 3 is 2.35 bits per heavy atom. The first-order valence-corrected chi connectivity index (χ1v) is 12.2. The van der Waals surface area contributed by atoms with Gasteiger partial charge in [0.1, 0.15) is 0 Å². The molecule has 2 aromatic rings. The molecular formula is C25H30Cl2F3N3O. The van der Waals surface area contributed by atoms with Gasteiger partial charge >= 0.3 is 6.18 Å². The van der Waals surface area contributed by atoms with E-state index < -0.39 is 17.8 Å². The maximum Gasteiger partial charge on any atom is 0.416 e. The molecule has 1 aliphatic rings. The van der Waals surface area contributed by atoms with Crippen molar-refractivity contribution < 1.29 is 18.0 Å². The molecule has 0 radical (unpaired) electrons. The Morgan fingerprint density at radius 2 is 1.76 bits per heavy atom. The molecule has 2 atom stereocenters. The number of amides is 1. The minimum Gasteiger partial charge on any atom is -0.368 e. The lowest BCUT2D eigenvalue weighted by atomic mass is 9.90. The highest BCUT2D eigenvalue weighted by molar-refractivity contribution is 6.35. The number of piperazine rings is 1. The first kappa shape index (κ1) is 26.6. The van der Waals surface area contributed by atoms with Crippen LogP contribution in [0.2, 0.25) is 10.0 Å². The van der Waals surface area contributed by atoms with Crippen molar-refractivity contribution in [1.82, 2.24) is 4.90 Å². The number of nitrogens with two attached hydrogens (primary N) is 1. The van der Waals surface area contributed by atoms with Gasteiger partial charge in [0.05, 0.1) is 5.56 Å². The number of alkyl halides is 3. The lowest BCUT2D eigenvalue weighted by Crippen LogP contribution is -2.49. The predicted octanol–water partition coefficient (Wildman–Crippen LogP) is 6.34. The Labute approximate surface area is 208 Å². The largest absolute Gasteiger partial charge is 0.416 e. The number of carbonyl (C=O) groups is 1. The number of anilines is 1. The summed E-state index contributed by atoms with van der Waals surface area (Å²) in [6.07, 6.45) is -2.83. The molecule has 2 N–H and O–H groups in total. The third kappa shape index (κ3) is 6.37. The fourth-order valence-electron chi connectivity index (χ4n) is 4.17. The normalized spacial score (nSPS) is 16.5. The van der Waals surface area contributed by atoms with Gasteiger partial charge in [-0.05, 0) is 53.8 Å². The molecule has 0 aliphatic carbocycles. The van der Waals surface area contributed by atoms with Crippen molar-refractivity contribution in [3.8, 4) is 0 Å². The van der Waals surface area contributed by atoms with Gasteiger partial charge in [-0.2, -0.15) is 13.2 Å². The summed E-state index contributed by atoms with van der Waals surface area (Å²) in [5, 5.41) is 1.09. The summed E-state index contributed by atoms with van der Waals surface area (Å²) in [4.78, 5) is 16.6. The summed E-state index contributed by atoms with van der Waals surface area (Å²) in [5.41, 5.74) is 7.77. The standard InChI is InChI=1S/C25H30Cl2F3N3O/c1-3-16(2)24(31)20-14-18(25(28,29)30)6-8-22(20)32-10-12-33(13-11-32)23(34)9-5-17-4-7-19(26)15-21(17)27/h4,6-8,14-16,24H,3,5,9-13,31H2,1-2H3/t16?,24-/m0/s1. The smallest absolute Gasteiger partial charge is 0.368 e. The van der Waals surface area contributed by atoms with Crippen LogP contribution in [0.25, 0.3) is 0 Å². The Hall–Kier alpha value is -1.96. The molecule has 1 amide bonds. The summed E-state index contributed by atoms with van der Waals surface area (Å²) in [7, 11) is 0. The second-order valence-electron chi connectivity index (χ2n) is 8.79. The number of hydrogen-bond donors (Lipinski definition) is 1. The molecule has 1 aliphatic heterocycles. The highest BCUT2D eigenvalue weighted by atomic mass is 35.5. The van der Waals surface area contributed by atoms with Gasteiger partial charge in [-0.3, -0.25) is 4.79 Å². The molecule has 1 heterocycles. The van der Waals surface area contributed by atoms with Crippen LogP contribution in [0.4, 0.5) is 18.9 Å². The first-order chi connectivity index (χ1) is 16.0. The van der Waals surface area contributed by atoms with Crippen LogP contribution in [0.3, 0.4) is 0 Å². The summed E-state index contributed by atoms with van der Waals surface area (Å²) in [6, 6.07) is 8.52. The van der Waals surface area contributed by atoms with Crippen molar-refractivity contribution in [1.29, 1.82) is 0 Å². The van der Waals surface area contributed by atoms with Gasteiger partial charge in [0.15, 0.2) is 0 Å². The second kappa shape index (κ2) is 11.2. The van der Waals surface area contributed by atoms with Crippen LogP contribution in [0.1, 0.15) is 49.4 Å². The predicted molar refractivity (Wildman–Crippen MR) is 131 cm³/mol. The van der Waals surface area contributed by atoms with E-state index >= 15 is 0 Å². The van der Waals surface area contributed by atoms with Crippen LogP contribution >= 0.6 is 23.2 Å². The SMILES string of the molecule is CCC(C)[C@H](N)c1cc(C(F)(F)F)ccc1N1CCN(C(=O)CCc2ccc(Cl)cc2Cl)CC1. The fraction of sp³-hybridized carbons (Fsp3) is 0.480. The van der Waals surface area contributed by atoms with Gasteiger partial charge in [0, 0.05) is 54.4 Å². The van der Waals surface area contributed by atoms with Crippen LogP contribution in [-0.2, 0) is 17.4 Å². The molecule has 186 valence electrons. The Morgan fingerprint density at radius 1 is 1.09 bits per heavy atom. The number of rotatable bonds is 7. The number of benzene rings is 2. The van der Waals surface area contributed by atoms with Crippen molar-refractivity contribution in [2.75, 3.05) is 31.1 Å². The molecule has 0 bridgehead atoms. The summed E-state index contributed by atoms with van der Waals surface area (Å²) >= 11 is 12.1. The quantitative estimate of drug-likeness (QED) is 0.467. The van der Waals surface area contributed by atoms with Gasteiger partial charge < -0.3 is 15.5 Å². The van der Waals surface area contributed by atoms with Crippen LogP contribution in [0.5, 0.6) is 0 Å². The van der Waals surface area contributed by atoms with E-state index in [0.29, 0.717) is 60.3 Å². The Balaban J connectivity index is 1.68. The summed E-state index contributed by atoms with van der Waals surface area (Å²) < 4.78 is 40.1. The third-order valence-corrected chi connectivity index (χ3v) is 7.15. The summed E-state index contributed by atoms with van der Waals surface area (Å²) in [5.74, 6) is 0.0550. The van der Waals surface area contributed by atoms with E-state index in [2.05, 4.69) is 0 Å². The van der Waals surface area contributed by atoms with E-state index in [9.17, 15) is 18.0 Å². The fourth-order valence-corrected chi connectivity index (χ4v) is 4.67. The van der Waals surface area contributed by atoms with Crippen LogP contribution in [0.15, 0.2) is 36.4 Å². The molecule has 1 unspecified atom stereocenters. The number of nitrogens with zero attached hydrogens (tertiary/aromatic N) is 2. The average molecular weight is 516 g/mol. The van der Waals surface area contributed by atoms with Gasteiger partial charge in [0.2, 0.25) is 5.91 Å². The summed E-state index contributed by atoms with van der Waals surface area (Å²) in [6.45, 7) is 5.95. The monoisotopic (exact) mass is 515 g/mol. The van der Waals surface area contributed by atoms with Crippen LogP contribution < -0.4 is 10.6 Å². The highest BCUT2D eigenvalue weighted by Gasteiger charge is 2.33. The molecule has 0 spiro atoms. The van der Waals surface area contributed by atoms with Crippen molar-refractivity contribution in [3.05, 3.63) is 63.1 Å². The van der Waals surface area contributed by atoms with Gasteiger partial charge in [-0.25, -0.2) is 0 Å². The highest BCUT2D eigenvalue weighted by Crippen LogP contribution is 2.37. The van der Waals surface area contributed by atoms with Gasteiger partial charge in [-0.15, -0.1) is 0 Å². The number of aryl methyl sites for hydroxylation is 1. The molecule has 4 nitrogen and oxygen atoms in total. The third-order valence-electron chi connectivity index (χ3n) is 6.57. The maximum absolute atomic E-state index is 13.4. The number of halogens is 5. The number of hydrogen-bond acceptors (Lipinski definition) is 3. The molecule has 2 aromatic carbocycles. The lowest BCUT2D eigenvalue weighted by molar-refractivity contribution is -0.137. The average Bonchev–Trinajstić information content (AvgIpc) is 2.81. The Bertz CT molecular complexity index is 1010. The topological polar surface area (TPSA) is 49.6 Å². The first-order valence-electron chi connectivity index (χ1n) is 11.4. The molecule has 3 rings (SSSR count). The molecule has 9 heteroatoms. The van der Waals surface area contributed by atoms with E-state index in [1.165, 1.54) is 12.1 Å². The van der Waals surface area contributed by atoms with Crippen molar-refractivity contribution in [2.24, 2.45) is 11.7 Å². The van der Waals surface area contributed by atoms with Crippen molar-refractivity contribution in [3.63, 3.8) is 0 Å². The minimum atomic E-state index is -4.43. The number of carbonyl (C=O) groups excluding carboxylic acids is 1. The van der Waals surface area contributed by atoms with Crippen LogP contribution in [0, 0.1) is 5.92 Å².